The minimum absolute atomic E-state index is 0.539. The molecule has 0 radical (unpaired) electrons. The number of rotatable bonds is 3. The van der Waals surface area contributed by atoms with Gasteiger partial charge in [-0.15, -0.1) is 0 Å². The molecule has 0 atom stereocenters. The van der Waals surface area contributed by atoms with Crippen LogP contribution in [-0.2, 0) is 6.42 Å². The quantitative estimate of drug-likeness (QED) is 0.852. The normalized spacial score (nSPS) is 10.3. The summed E-state index contributed by atoms with van der Waals surface area (Å²) < 4.78 is 0. The molecule has 0 unspecified atom stereocenters. The van der Waals surface area contributed by atoms with Gasteiger partial charge in [-0.2, -0.15) is 0 Å². The molecule has 0 saturated carbocycles. The molecule has 1 aromatic heterocycles. The zero-order valence-corrected chi connectivity index (χ0v) is 9.35. The molecule has 1 heterocycles. The summed E-state index contributed by atoms with van der Waals surface area (Å²) in [6, 6.07) is 11.7. The van der Waals surface area contributed by atoms with Crippen LogP contribution in [0.3, 0.4) is 0 Å². The summed E-state index contributed by atoms with van der Waals surface area (Å²) in [4.78, 5) is 8.76. The fourth-order valence-corrected chi connectivity index (χ4v) is 1.62. The van der Waals surface area contributed by atoms with Crippen LogP contribution in [0, 0.1) is 0 Å². The van der Waals surface area contributed by atoms with Crippen molar-refractivity contribution in [3.8, 4) is 11.4 Å². The van der Waals surface area contributed by atoms with Gasteiger partial charge in [-0.1, -0.05) is 43.7 Å². The van der Waals surface area contributed by atoms with Crippen molar-refractivity contribution in [3.05, 3.63) is 42.1 Å². The topological polar surface area (TPSA) is 51.8 Å². The summed E-state index contributed by atoms with van der Waals surface area (Å²) in [6.07, 6.45) is 2.00. The summed E-state index contributed by atoms with van der Waals surface area (Å²) in [5.41, 5.74) is 7.79. The third kappa shape index (κ3) is 2.37. The van der Waals surface area contributed by atoms with Crippen LogP contribution in [0.25, 0.3) is 11.4 Å². The molecule has 82 valence electrons. The monoisotopic (exact) mass is 213 g/mol. The predicted octanol–water partition coefficient (Wildman–Crippen LogP) is 2.68. The molecule has 0 aliphatic rings. The van der Waals surface area contributed by atoms with Gasteiger partial charge in [0.15, 0.2) is 5.82 Å². The van der Waals surface area contributed by atoms with Gasteiger partial charge in [0.05, 0.1) is 0 Å². The Hall–Kier alpha value is -1.90. The second kappa shape index (κ2) is 4.75. The maximum absolute atomic E-state index is 5.78. The van der Waals surface area contributed by atoms with E-state index in [2.05, 4.69) is 16.9 Å². The number of benzene rings is 1. The van der Waals surface area contributed by atoms with Crippen molar-refractivity contribution in [3.63, 3.8) is 0 Å². The maximum Gasteiger partial charge on any atom is 0.161 e. The standard InChI is InChI=1S/C13H15N3/c1-2-6-11-9-12(14)16-13(15-11)10-7-4-3-5-8-10/h3-5,7-9H,2,6H2,1H3,(H2,14,15,16). The van der Waals surface area contributed by atoms with Crippen molar-refractivity contribution in [1.82, 2.24) is 9.97 Å². The largest absolute Gasteiger partial charge is 0.384 e. The van der Waals surface area contributed by atoms with Crippen LogP contribution >= 0.6 is 0 Å². The molecule has 3 heteroatoms. The van der Waals surface area contributed by atoms with Gasteiger partial charge in [0.1, 0.15) is 5.82 Å². The molecule has 0 spiro atoms. The summed E-state index contributed by atoms with van der Waals surface area (Å²) in [7, 11) is 0. The third-order valence-corrected chi connectivity index (χ3v) is 2.34. The molecule has 1 aromatic carbocycles. The van der Waals surface area contributed by atoms with Crippen molar-refractivity contribution in [2.75, 3.05) is 5.73 Å². The Morgan fingerprint density at radius 3 is 2.56 bits per heavy atom. The number of nitrogen functional groups attached to an aromatic ring is 1. The lowest BCUT2D eigenvalue weighted by Gasteiger charge is -2.04. The molecule has 0 fully saturated rings. The van der Waals surface area contributed by atoms with Crippen molar-refractivity contribution in [2.45, 2.75) is 19.8 Å². The van der Waals surface area contributed by atoms with E-state index in [1.807, 2.05) is 36.4 Å². The SMILES string of the molecule is CCCc1cc(N)nc(-c2ccccc2)n1. The fourth-order valence-electron chi connectivity index (χ4n) is 1.62. The lowest BCUT2D eigenvalue weighted by molar-refractivity contribution is 0.877. The van der Waals surface area contributed by atoms with Crippen LogP contribution < -0.4 is 5.73 Å². The van der Waals surface area contributed by atoms with Gasteiger partial charge in [0.25, 0.3) is 0 Å². The first kappa shape index (κ1) is 10.6. The molecule has 3 nitrogen and oxygen atoms in total. The van der Waals surface area contributed by atoms with E-state index in [0.717, 1.165) is 24.1 Å². The predicted molar refractivity (Wildman–Crippen MR) is 65.9 cm³/mol. The van der Waals surface area contributed by atoms with E-state index in [1.54, 1.807) is 0 Å². The van der Waals surface area contributed by atoms with Gasteiger partial charge in [0.2, 0.25) is 0 Å². The molecule has 2 N–H and O–H groups in total. The van der Waals surface area contributed by atoms with Crippen LogP contribution in [0.1, 0.15) is 19.0 Å². The Bertz CT molecular complexity index is 466. The Balaban J connectivity index is 2.41. The van der Waals surface area contributed by atoms with Crippen molar-refractivity contribution < 1.29 is 0 Å². The van der Waals surface area contributed by atoms with Crippen molar-refractivity contribution in [1.29, 1.82) is 0 Å². The molecule has 0 saturated heterocycles. The highest BCUT2D eigenvalue weighted by atomic mass is 14.9. The lowest BCUT2D eigenvalue weighted by atomic mass is 10.2. The number of aryl methyl sites for hydroxylation is 1. The number of anilines is 1. The average Bonchev–Trinajstić information content (AvgIpc) is 2.30. The van der Waals surface area contributed by atoms with Crippen molar-refractivity contribution in [2.24, 2.45) is 0 Å². The van der Waals surface area contributed by atoms with E-state index < -0.39 is 0 Å². The average molecular weight is 213 g/mol. The smallest absolute Gasteiger partial charge is 0.161 e. The molecular formula is C13H15N3. The number of hydrogen-bond donors (Lipinski definition) is 1. The minimum Gasteiger partial charge on any atom is -0.384 e. The molecule has 0 aliphatic carbocycles. The molecule has 0 aliphatic heterocycles. The minimum atomic E-state index is 0.539. The zero-order valence-electron chi connectivity index (χ0n) is 9.35. The molecule has 0 amide bonds. The molecule has 2 rings (SSSR count). The second-order valence-corrected chi connectivity index (χ2v) is 3.72. The Labute approximate surface area is 95.4 Å². The number of hydrogen-bond acceptors (Lipinski definition) is 3. The second-order valence-electron chi connectivity index (χ2n) is 3.72. The zero-order chi connectivity index (χ0) is 11.4. The van der Waals surface area contributed by atoms with E-state index in [-0.39, 0.29) is 0 Å². The van der Waals surface area contributed by atoms with Gasteiger partial charge in [0, 0.05) is 17.3 Å². The Morgan fingerprint density at radius 2 is 1.88 bits per heavy atom. The van der Waals surface area contributed by atoms with Gasteiger partial charge in [-0.3, -0.25) is 0 Å². The lowest BCUT2D eigenvalue weighted by Crippen LogP contribution is -2.00. The highest BCUT2D eigenvalue weighted by molar-refractivity contribution is 5.56. The van der Waals surface area contributed by atoms with E-state index in [4.69, 9.17) is 5.73 Å². The highest BCUT2D eigenvalue weighted by Crippen LogP contribution is 2.16. The van der Waals surface area contributed by atoms with Crippen LogP contribution in [0.5, 0.6) is 0 Å². The van der Waals surface area contributed by atoms with Gasteiger partial charge >= 0.3 is 0 Å². The first-order valence-corrected chi connectivity index (χ1v) is 5.48. The molecule has 0 bridgehead atoms. The Kier molecular flexibility index (Phi) is 3.15. The van der Waals surface area contributed by atoms with Crippen LogP contribution in [0.2, 0.25) is 0 Å². The number of aromatic nitrogens is 2. The fraction of sp³-hybridized carbons (Fsp3) is 0.231. The molecular weight excluding hydrogens is 198 g/mol. The summed E-state index contributed by atoms with van der Waals surface area (Å²) in [5, 5.41) is 0. The summed E-state index contributed by atoms with van der Waals surface area (Å²) in [6.45, 7) is 2.13. The number of nitrogens with zero attached hydrogens (tertiary/aromatic N) is 2. The van der Waals surface area contributed by atoms with Crippen LogP contribution in [-0.4, -0.2) is 9.97 Å². The van der Waals surface area contributed by atoms with Crippen molar-refractivity contribution >= 4 is 5.82 Å². The van der Waals surface area contributed by atoms with Crippen LogP contribution in [0.4, 0.5) is 5.82 Å². The third-order valence-electron chi connectivity index (χ3n) is 2.34. The molecule has 2 aromatic rings. The summed E-state index contributed by atoms with van der Waals surface area (Å²) in [5.74, 6) is 1.25. The van der Waals surface area contributed by atoms with E-state index in [0.29, 0.717) is 11.6 Å². The summed E-state index contributed by atoms with van der Waals surface area (Å²) >= 11 is 0. The van der Waals surface area contributed by atoms with E-state index in [1.165, 1.54) is 0 Å². The van der Waals surface area contributed by atoms with Crippen LogP contribution in [0.15, 0.2) is 36.4 Å². The van der Waals surface area contributed by atoms with Gasteiger partial charge in [-0.25, -0.2) is 9.97 Å². The highest BCUT2D eigenvalue weighted by Gasteiger charge is 2.04. The Morgan fingerprint density at radius 1 is 1.12 bits per heavy atom. The number of nitrogens with two attached hydrogens (primary N) is 1. The van der Waals surface area contributed by atoms with E-state index in [9.17, 15) is 0 Å². The van der Waals surface area contributed by atoms with E-state index >= 15 is 0 Å². The maximum atomic E-state index is 5.78. The first-order valence-electron chi connectivity index (χ1n) is 5.48. The van der Waals surface area contributed by atoms with Gasteiger partial charge in [-0.05, 0) is 6.42 Å². The first-order chi connectivity index (χ1) is 7.79. The van der Waals surface area contributed by atoms with Gasteiger partial charge < -0.3 is 5.73 Å². The molecule has 16 heavy (non-hydrogen) atoms.